The number of rotatable bonds is 8. The zero-order valence-electron chi connectivity index (χ0n) is 11.8. The van der Waals surface area contributed by atoms with Crippen molar-refractivity contribution in [1.29, 1.82) is 0 Å². The van der Waals surface area contributed by atoms with Crippen molar-refractivity contribution in [3.05, 3.63) is 23.3 Å². The molecule has 0 heterocycles. The summed E-state index contributed by atoms with van der Waals surface area (Å²) in [5.74, 6) is 0.627. The normalized spacial score (nSPS) is 11.6. The van der Waals surface area contributed by atoms with E-state index in [4.69, 9.17) is 24.9 Å². The van der Waals surface area contributed by atoms with E-state index in [9.17, 15) is 8.42 Å². The van der Waals surface area contributed by atoms with Gasteiger partial charge in [-0.25, -0.2) is 8.42 Å². The van der Waals surface area contributed by atoms with E-state index in [-0.39, 0.29) is 4.90 Å². The number of hydrogen-bond acceptors (Lipinski definition) is 5. The van der Waals surface area contributed by atoms with Crippen molar-refractivity contribution in [3.8, 4) is 5.75 Å². The molecule has 0 aliphatic rings. The molecule has 0 amide bonds. The van der Waals surface area contributed by atoms with E-state index in [1.807, 2.05) is 0 Å². The molecule has 1 rings (SSSR count). The predicted molar refractivity (Wildman–Crippen MR) is 77.1 cm³/mol. The third kappa shape index (κ3) is 5.28. The van der Waals surface area contributed by atoms with Gasteiger partial charge in [0.2, 0.25) is 0 Å². The summed E-state index contributed by atoms with van der Waals surface area (Å²) in [6, 6.07) is 3.18. The van der Waals surface area contributed by atoms with Crippen LogP contribution in [0.2, 0.25) is 0 Å². The standard InChI is InChI=1S/C13H19ClO5S/c1-10-9-13(20(14,15)16)11(2)8-12(10)19-7-6-18-5-4-17-3/h8-9H,4-7H2,1-3H3. The molecule has 0 unspecified atom stereocenters. The fourth-order valence-corrected chi connectivity index (χ4v) is 2.90. The zero-order chi connectivity index (χ0) is 15.2. The highest BCUT2D eigenvalue weighted by Gasteiger charge is 2.15. The number of hydrogen-bond donors (Lipinski definition) is 0. The number of ether oxygens (including phenoxy) is 3. The second-order valence-corrected chi connectivity index (χ2v) is 6.81. The largest absolute Gasteiger partial charge is 0.491 e. The van der Waals surface area contributed by atoms with Gasteiger partial charge in [-0.1, -0.05) is 0 Å². The van der Waals surface area contributed by atoms with Gasteiger partial charge in [-0.3, -0.25) is 0 Å². The van der Waals surface area contributed by atoms with Gasteiger partial charge in [-0.05, 0) is 37.1 Å². The lowest BCUT2D eigenvalue weighted by atomic mass is 10.1. The third-order valence-corrected chi connectivity index (χ3v) is 4.12. The van der Waals surface area contributed by atoms with Crippen molar-refractivity contribution in [2.75, 3.05) is 33.5 Å². The molecule has 0 aromatic heterocycles. The van der Waals surface area contributed by atoms with Crippen LogP contribution in [0.25, 0.3) is 0 Å². The van der Waals surface area contributed by atoms with Gasteiger partial charge < -0.3 is 14.2 Å². The van der Waals surface area contributed by atoms with Crippen molar-refractivity contribution in [2.45, 2.75) is 18.7 Å². The van der Waals surface area contributed by atoms with Crippen LogP contribution in [-0.4, -0.2) is 42.0 Å². The summed E-state index contributed by atoms with van der Waals surface area (Å²) in [5, 5.41) is 0. The minimum atomic E-state index is -3.73. The van der Waals surface area contributed by atoms with Crippen LogP contribution in [0.15, 0.2) is 17.0 Å². The van der Waals surface area contributed by atoms with E-state index in [0.29, 0.717) is 43.3 Å². The lowest BCUT2D eigenvalue weighted by molar-refractivity contribution is 0.0543. The Hall–Kier alpha value is -0.820. The van der Waals surface area contributed by atoms with Gasteiger partial charge in [0.15, 0.2) is 0 Å². The monoisotopic (exact) mass is 322 g/mol. The first-order valence-corrected chi connectivity index (χ1v) is 8.42. The molecule has 0 bridgehead atoms. The minimum absolute atomic E-state index is 0.111. The van der Waals surface area contributed by atoms with Crippen LogP contribution in [0.5, 0.6) is 5.75 Å². The molecular weight excluding hydrogens is 304 g/mol. The van der Waals surface area contributed by atoms with Gasteiger partial charge in [0, 0.05) is 17.8 Å². The molecule has 114 valence electrons. The van der Waals surface area contributed by atoms with E-state index in [0.717, 1.165) is 0 Å². The highest BCUT2D eigenvalue weighted by molar-refractivity contribution is 8.13. The quantitative estimate of drug-likeness (QED) is 0.543. The fourth-order valence-electron chi connectivity index (χ4n) is 1.64. The maximum Gasteiger partial charge on any atom is 0.261 e. The van der Waals surface area contributed by atoms with Crippen LogP contribution < -0.4 is 4.74 Å². The summed E-state index contributed by atoms with van der Waals surface area (Å²) in [6.07, 6.45) is 0. The van der Waals surface area contributed by atoms with E-state index in [2.05, 4.69) is 0 Å². The summed E-state index contributed by atoms with van der Waals surface area (Å²) < 4.78 is 38.4. The Morgan fingerprint density at radius 2 is 1.70 bits per heavy atom. The van der Waals surface area contributed by atoms with Gasteiger partial charge in [0.25, 0.3) is 9.05 Å². The van der Waals surface area contributed by atoms with Crippen LogP contribution in [0, 0.1) is 13.8 Å². The molecule has 7 heteroatoms. The average Bonchev–Trinajstić information content (AvgIpc) is 2.35. The number of aryl methyl sites for hydroxylation is 2. The first kappa shape index (κ1) is 17.2. The first-order valence-electron chi connectivity index (χ1n) is 6.11. The Balaban J connectivity index is 2.62. The Morgan fingerprint density at radius 3 is 2.30 bits per heavy atom. The smallest absolute Gasteiger partial charge is 0.261 e. The number of methoxy groups -OCH3 is 1. The second-order valence-electron chi connectivity index (χ2n) is 4.27. The molecule has 1 aromatic rings. The number of halogens is 1. The molecule has 0 atom stereocenters. The molecule has 1 aromatic carbocycles. The Bertz CT molecular complexity index is 542. The fraction of sp³-hybridized carbons (Fsp3) is 0.538. The summed E-state index contributed by atoms with van der Waals surface area (Å²) >= 11 is 0. The summed E-state index contributed by atoms with van der Waals surface area (Å²) in [5.41, 5.74) is 1.27. The molecule has 20 heavy (non-hydrogen) atoms. The van der Waals surface area contributed by atoms with Crippen LogP contribution >= 0.6 is 10.7 Å². The zero-order valence-corrected chi connectivity index (χ0v) is 13.4. The summed E-state index contributed by atoms with van der Waals surface area (Å²) in [4.78, 5) is 0.111. The summed E-state index contributed by atoms with van der Waals surface area (Å²) in [7, 11) is 3.24. The van der Waals surface area contributed by atoms with E-state index < -0.39 is 9.05 Å². The molecule has 5 nitrogen and oxygen atoms in total. The Morgan fingerprint density at radius 1 is 1.05 bits per heavy atom. The molecule has 0 radical (unpaired) electrons. The van der Waals surface area contributed by atoms with Crippen molar-refractivity contribution in [1.82, 2.24) is 0 Å². The van der Waals surface area contributed by atoms with Crippen LogP contribution in [0.1, 0.15) is 11.1 Å². The molecule has 0 N–H and O–H groups in total. The maximum atomic E-state index is 11.4. The third-order valence-electron chi connectivity index (χ3n) is 2.65. The van der Waals surface area contributed by atoms with E-state index in [1.54, 1.807) is 27.0 Å². The minimum Gasteiger partial charge on any atom is -0.491 e. The predicted octanol–water partition coefficient (Wildman–Crippen LogP) is 2.27. The van der Waals surface area contributed by atoms with Gasteiger partial charge in [-0.15, -0.1) is 0 Å². The van der Waals surface area contributed by atoms with Crippen molar-refractivity contribution in [3.63, 3.8) is 0 Å². The first-order chi connectivity index (χ1) is 9.36. The highest BCUT2D eigenvalue weighted by Crippen LogP contribution is 2.27. The molecule has 0 aliphatic carbocycles. The molecule has 0 spiro atoms. The lowest BCUT2D eigenvalue weighted by Crippen LogP contribution is -2.10. The van der Waals surface area contributed by atoms with Crippen molar-refractivity contribution in [2.24, 2.45) is 0 Å². The van der Waals surface area contributed by atoms with Gasteiger partial charge in [0.1, 0.15) is 12.4 Å². The van der Waals surface area contributed by atoms with Gasteiger partial charge in [0.05, 0.1) is 24.7 Å². The SMILES string of the molecule is COCCOCCOc1cc(C)c(S(=O)(=O)Cl)cc1C. The topological polar surface area (TPSA) is 61.8 Å². The van der Waals surface area contributed by atoms with Crippen molar-refractivity contribution >= 4 is 19.7 Å². The Labute approximate surface area is 124 Å². The molecule has 0 saturated carbocycles. The average molecular weight is 323 g/mol. The summed E-state index contributed by atoms with van der Waals surface area (Å²) in [6.45, 7) is 5.33. The highest BCUT2D eigenvalue weighted by atomic mass is 35.7. The Kier molecular flexibility index (Phi) is 6.75. The lowest BCUT2D eigenvalue weighted by Gasteiger charge is -2.12. The second kappa shape index (κ2) is 7.83. The molecule has 0 fully saturated rings. The molecule has 0 saturated heterocycles. The van der Waals surface area contributed by atoms with Crippen LogP contribution in [-0.2, 0) is 18.5 Å². The molecule has 0 aliphatic heterocycles. The van der Waals surface area contributed by atoms with Gasteiger partial charge >= 0.3 is 0 Å². The van der Waals surface area contributed by atoms with Crippen LogP contribution in [0.3, 0.4) is 0 Å². The van der Waals surface area contributed by atoms with Gasteiger partial charge in [-0.2, -0.15) is 0 Å². The van der Waals surface area contributed by atoms with Crippen LogP contribution in [0.4, 0.5) is 0 Å². The van der Waals surface area contributed by atoms with Crippen molar-refractivity contribution < 1.29 is 22.6 Å². The molecular formula is C13H19ClO5S. The van der Waals surface area contributed by atoms with E-state index in [1.165, 1.54) is 6.07 Å². The maximum absolute atomic E-state index is 11.4. The number of benzene rings is 1. The van der Waals surface area contributed by atoms with E-state index >= 15 is 0 Å².